The molecule has 0 fully saturated rings. The van der Waals surface area contributed by atoms with E-state index in [0.29, 0.717) is 0 Å². The molecule has 0 heterocycles. The molecule has 0 radical (unpaired) electrons. The van der Waals surface area contributed by atoms with Gasteiger partial charge in [-0.3, -0.25) is 0 Å². The summed E-state index contributed by atoms with van der Waals surface area (Å²) in [6.45, 7) is 6.40. The standard InChI is InChI=1S/C10H16O/c1-8-6-5-7-10(3,11-4)9(8)2/h5,7H,6H2,1-4H3. The normalized spacial score (nSPS) is 31.3. The van der Waals surface area contributed by atoms with E-state index in [-0.39, 0.29) is 5.60 Å². The average molecular weight is 152 g/mol. The highest BCUT2D eigenvalue weighted by molar-refractivity contribution is 5.32. The minimum absolute atomic E-state index is 0.150. The van der Waals surface area contributed by atoms with Gasteiger partial charge in [0.2, 0.25) is 0 Å². The zero-order chi connectivity index (χ0) is 8.48. The molecule has 0 saturated carbocycles. The lowest BCUT2D eigenvalue weighted by Crippen LogP contribution is -2.28. The lowest BCUT2D eigenvalue weighted by molar-refractivity contribution is 0.0779. The van der Waals surface area contributed by atoms with Gasteiger partial charge in [-0.2, -0.15) is 0 Å². The zero-order valence-corrected chi connectivity index (χ0v) is 7.77. The van der Waals surface area contributed by atoms with Gasteiger partial charge in [-0.25, -0.2) is 0 Å². The van der Waals surface area contributed by atoms with E-state index in [1.165, 1.54) is 11.1 Å². The number of hydrogen-bond donors (Lipinski definition) is 0. The van der Waals surface area contributed by atoms with Crippen LogP contribution >= 0.6 is 0 Å². The number of methoxy groups -OCH3 is 1. The predicted molar refractivity (Wildman–Crippen MR) is 47.5 cm³/mol. The molecule has 0 aromatic rings. The summed E-state index contributed by atoms with van der Waals surface area (Å²) in [4.78, 5) is 0. The van der Waals surface area contributed by atoms with Crippen LogP contribution < -0.4 is 0 Å². The second kappa shape index (κ2) is 2.82. The molecule has 0 aromatic carbocycles. The molecule has 1 rings (SSSR count). The highest BCUT2D eigenvalue weighted by atomic mass is 16.5. The van der Waals surface area contributed by atoms with Gasteiger partial charge in [-0.1, -0.05) is 17.7 Å². The minimum atomic E-state index is -0.150. The predicted octanol–water partition coefficient (Wildman–Crippen LogP) is 2.69. The van der Waals surface area contributed by atoms with Crippen LogP contribution in [-0.2, 0) is 4.74 Å². The van der Waals surface area contributed by atoms with E-state index in [2.05, 4.69) is 32.9 Å². The van der Waals surface area contributed by atoms with E-state index >= 15 is 0 Å². The fourth-order valence-electron chi connectivity index (χ4n) is 1.38. The molecule has 1 aliphatic rings. The summed E-state index contributed by atoms with van der Waals surface area (Å²) in [5.74, 6) is 0. The summed E-state index contributed by atoms with van der Waals surface area (Å²) in [6, 6.07) is 0. The molecule has 0 aliphatic heterocycles. The van der Waals surface area contributed by atoms with Crippen LogP contribution in [0.1, 0.15) is 27.2 Å². The summed E-state index contributed by atoms with van der Waals surface area (Å²) < 4.78 is 5.42. The second-order valence-electron chi connectivity index (χ2n) is 3.32. The first kappa shape index (κ1) is 8.54. The highest BCUT2D eigenvalue weighted by Gasteiger charge is 2.25. The number of rotatable bonds is 1. The third kappa shape index (κ3) is 1.38. The molecule has 0 spiro atoms. The Bertz CT molecular complexity index is 213. The van der Waals surface area contributed by atoms with Crippen molar-refractivity contribution < 1.29 is 4.74 Å². The Kier molecular flexibility index (Phi) is 2.19. The van der Waals surface area contributed by atoms with Gasteiger partial charge < -0.3 is 4.74 Å². The zero-order valence-electron chi connectivity index (χ0n) is 7.77. The maximum atomic E-state index is 5.42. The van der Waals surface area contributed by atoms with Gasteiger partial charge in [0.25, 0.3) is 0 Å². The van der Waals surface area contributed by atoms with E-state index in [0.717, 1.165) is 6.42 Å². The first-order valence-corrected chi connectivity index (χ1v) is 4.00. The smallest absolute Gasteiger partial charge is 0.104 e. The first-order valence-electron chi connectivity index (χ1n) is 4.00. The van der Waals surface area contributed by atoms with Gasteiger partial charge in [0, 0.05) is 7.11 Å². The second-order valence-corrected chi connectivity index (χ2v) is 3.32. The Morgan fingerprint density at radius 1 is 1.45 bits per heavy atom. The van der Waals surface area contributed by atoms with Gasteiger partial charge in [0.05, 0.1) is 0 Å². The topological polar surface area (TPSA) is 9.23 Å². The Morgan fingerprint density at radius 3 is 2.55 bits per heavy atom. The van der Waals surface area contributed by atoms with Crippen LogP contribution in [0.4, 0.5) is 0 Å². The van der Waals surface area contributed by atoms with Crippen molar-refractivity contribution in [2.24, 2.45) is 0 Å². The van der Waals surface area contributed by atoms with Gasteiger partial charge >= 0.3 is 0 Å². The lowest BCUT2D eigenvalue weighted by atomic mass is 9.87. The van der Waals surface area contributed by atoms with Crippen molar-refractivity contribution in [2.75, 3.05) is 7.11 Å². The van der Waals surface area contributed by atoms with E-state index in [4.69, 9.17) is 4.74 Å². The quantitative estimate of drug-likeness (QED) is 0.525. The first-order chi connectivity index (χ1) is 5.10. The fourth-order valence-corrected chi connectivity index (χ4v) is 1.38. The molecule has 0 aromatic heterocycles. The number of hydrogen-bond acceptors (Lipinski definition) is 1. The summed E-state index contributed by atoms with van der Waals surface area (Å²) in [7, 11) is 1.76. The highest BCUT2D eigenvalue weighted by Crippen LogP contribution is 2.30. The van der Waals surface area contributed by atoms with Crippen molar-refractivity contribution in [3.63, 3.8) is 0 Å². The molecule has 0 N–H and O–H groups in total. The van der Waals surface area contributed by atoms with Crippen LogP contribution in [0, 0.1) is 0 Å². The van der Waals surface area contributed by atoms with E-state index in [1.807, 2.05) is 0 Å². The van der Waals surface area contributed by atoms with E-state index in [9.17, 15) is 0 Å². The molecule has 62 valence electrons. The van der Waals surface area contributed by atoms with Gasteiger partial charge in [-0.15, -0.1) is 0 Å². The molecule has 0 amide bonds. The SMILES string of the molecule is COC1(C)C=CCC(C)=C1C. The molecule has 1 unspecified atom stereocenters. The van der Waals surface area contributed by atoms with Crippen molar-refractivity contribution in [3.8, 4) is 0 Å². The third-order valence-corrected chi connectivity index (χ3v) is 2.67. The molecule has 0 bridgehead atoms. The molecular weight excluding hydrogens is 136 g/mol. The summed E-state index contributed by atoms with van der Waals surface area (Å²) >= 11 is 0. The van der Waals surface area contributed by atoms with Gasteiger partial charge in [0.15, 0.2) is 0 Å². The Labute approximate surface area is 68.8 Å². The van der Waals surface area contributed by atoms with Crippen LogP contribution in [0.15, 0.2) is 23.3 Å². The Morgan fingerprint density at radius 2 is 2.09 bits per heavy atom. The molecule has 11 heavy (non-hydrogen) atoms. The van der Waals surface area contributed by atoms with Gasteiger partial charge in [-0.05, 0) is 32.8 Å². The third-order valence-electron chi connectivity index (χ3n) is 2.67. The van der Waals surface area contributed by atoms with Crippen molar-refractivity contribution in [1.29, 1.82) is 0 Å². The Balaban J connectivity index is 2.97. The van der Waals surface area contributed by atoms with Crippen LogP contribution in [0.5, 0.6) is 0 Å². The maximum absolute atomic E-state index is 5.42. The van der Waals surface area contributed by atoms with Crippen molar-refractivity contribution in [1.82, 2.24) is 0 Å². The minimum Gasteiger partial charge on any atom is -0.370 e. The van der Waals surface area contributed by atoms with Crippen molar-refractivity contribution in [2.45, 2.75) is 32.8 Å². The van der Waals surface area contributed by atoms with E-state index in [1.54, 1.807) is 7.11 Å². The molecule has 1 heteroatoms. The van der Waals surface area contributed by atoms with Gasteiger partial charge in [0.1, 0.15) is 5.60 Å². The molecular formula is C10H16O. The van der Waals surface area contributed by atoms with Crippen LogP contribution in [0.2, 0.25) is 0 Å². The molecule has 1 nitrogen and oxygen atoms in total. The van der Waals surface area contributed by atoms with Crippen molar-refractivity contribution >= 4 is 0 Å². The largest absolute Gasteiger partial charge is 0.370 e. The van der Waals surface area contributed by atoms with Crippen molar-refractivity contribution in [3.05, 3.63) is 23.3 Å². The summed E-state index contributed by atoms with van der Waals surface area (Å²) in [5.41, 5.74) is 2.63. The van der Waals surface area contributed by atoms with Crippen LogP contribution in [-0.4, -0.2) is 12.7 Å². The maximum Gasteiger partial charge on any atom is 0.104 e. The number of ether oxygens (including phenoxy) is 1. The molecule has 1 atom stereocenters. The number of allylic oxidation sites excluding steroid dienone is 2. The van der Waals surface area contributed by atoms with Crippen LogP contribution in [0.3, 0.4) is 0 Å². The Hall–Kier alpha value is -0.560. The molecule has 0 saturated heterocycles. The lowest BCUT2D eigenvalue weighted by Gasteiger charge is -2.30. The summed E-state index contributed by atoms with van der Waals surface area (Å²) in [6.07, 6.45) is 5.38. The monoisotopic (exact) mass is 152 g/mol. The summed E-state index contributed by atoms with van der Waals surface area (Å²) in [5, 5.41) is 0. The average Bonchev–Trinajstić information content (AvgIpc) is 2.00. The van der Waals surface area contributed by atoms with Crippen LogP contribution in [0.25, 0.3) is 0 Å². The fraction of sp³-hybridized carbons (Fsp3) is 0.600. The van der Waals surface area contributed by atoms with E-state index < -0.39 is 0 Å². The molecule has 1 aliphatic carbocycles.